The van der Waals surface area contributed by atoms with Crippen LogP contribution in [-0.4, -0.2) is 32.0 Å². The third-order valence-electron chi connectivity index (χ3n) is 6.74. The number of hydrogen-bond donors (Lipinski definition) is 3. The summed E-state index contributed by atoms with van der Waals surface area (Å²) in [5.41, 5.74) is 15.4. The van der Waals surface area contributed by atoms with E-state index in [1.54, 1.807) is 4.57 Å². The summed E-state index contributed by atoms with van der Waals surface area (Å²) in [5.74, 6) is 1.02. The number of nitrogen functional groups attached to an aromatic ring is 1. The average molecular weight is 484 g/mol. The summed E-state index contributed by atoms with van der Waals surface area (Å²) in [6, 6.07) is 15.3. The molecule has 1 amide bonds. The van der Waals surface area contributed by atoms with Crippen molar-refractivity contribution in [2.24, 2.45) is 11.7 Å². The Morgan fingerprint density at radius 2 is 1.86 bits per heavy atom. The van der Waals surface area contributed by atoms with Crippen LogP contribution in [-0.2, 0) is 11.2 Å². The summed E-state index contributed by atoms with van der Waals surface area (Å²) in [4.78, 5) is 38.7. The van der Waals surface area contributed by atoms with E-state index in [1.807, 2.05) is 62.4 Å². The summed E-state index contributed by atoms with van der Waals surface area (Å²) >= 11 is 0. The summed E-state index contributed by atoms with van der Waals surface area (Å²) in [7, 11) is 0. The van der Waals surface area contributed by atoms with Gasteiger partial charge < -0.3 is 16.8 Å². The van der Waals surface area contributed by atoms with Gasteiger partial charge in [0.2, 0.25) is 11.9 Å². The zero-order valence-corrected chi connectivity index (χ0v) is 20.4. The molecule has 2 heterocycles. The van der Waals surface area contributed by atoms with E-state index < -0.39 is 0 Å². The summed E-state index contributed by atoms with van der Waals surface area (Å²) < 4.78 is 1.70. The van der Waals surface area contributed by atoms with Gasteiger partial charge in [0.05, 0.1) is 16.6 Å². The van der Waals surface area contributed by atoms with Crippen molar-refractivity contribution in [2.75, 3.05) is 17.6 Å². The number of benzene rings is 2. The molecule has 184 valence electrons. The molecule has 1 aliphatic rings. The van der Waals surface area contributed by atoms with Crippen LogP contribution in [0.25, 0.3) is 16.6 Å². The van der Waals surface area contributed by atoms with E-state index in [0.717, 1.165) is 22.5 Å². The normalized spacial score (nSPS) is 16.7. The molecule has 9 nitrogen and oxygen atoms in total. The monoisotopic (exact) mass is 483 g/mol. The van der Waals surface area contributed by atoms with Crippen molar-refractivity contribution < 1.29 is 4.79 Å². The molecule has 1 fully saturated rings. The molecule has 0 bridgehead atoms. The second kappa shape index (κ2) is 9.41. The number of aryl methyl sites for hydroxylation is 3. The minimum absolute atomic E-state index is 0.0132. The molecule has 2 aromatic heterocycles. The van der Waals surface area contributed by atoms with Crippen LogP contribution in [0, 0.1) is 19.8 Å². The number of para-hydroxylation sites is 1. The van der Waals surface area contributed by atoms with Gasteiger partial charge in [-0.3, -0.25) is 14.2 Å². The van der Waals surface area contributed by atoms with Gasteiger partial charge in [-0.05, 0) is 50.5 Å². The first-order chi connectivity index (χ1) is 17.3. The number of amides is 1. The van der Waals surface area contributed by atoms with E-state index in [-0.39, 0.29) is 29.3 Å². The lowest BCUT2D eigenvalue weighted by Gasteiger charge is -2.16. The predicted octanol–water partition coefficient (Wildman–Crippen LogP) is 3.01. The summed E-state index contributed by atoms with van der Waals surface area (Å²) in [6.45, 7) is 4.38. The fraction of sp³-hybridized carbons (Fsp3) is 0.296. The smallest absolute Gasteiger partial charge is 0.266 e. The number of hydrogen-bond acceptors (Lipinski definition) is 7. The summed E-state index contributed by atoms with van der Waals surface area (Å²) in [6.07, 6.45) is 1.97. The Kier molecular flexibility index (Phi) is 6.13. The number of carbonyl (C=O) groups excluding carboxylic acids is 1. The van der Waals surface area contributed by atoms with Gasteiger partial charge in [-0.1, -0.05) is 30.3 Å². The standard InChI is InChI=1S/C27H29N7O2/c1-15-8-6-11-20-22(15)26(36)34(17-9-4-3-5-10-17)21(32-20)12-7-13-30-25-23(16(2)31-27(29)33-25)18-14-19(18)24(28)35/h3-6,8-11,18-19H,7,12-14H2,1-2H3,(H2,28,35)(H3,29,30,31,33). The predicted molar refractivity (Wildman–Crippen MR) is 140 cm³/mol. The molecule has 5 rings (SSSR count). The van der Waals surface area contributed by atoms with Crippen LogP contribution in [0.5, 0.6) is 0 Å². The molecule has 2 aromatic carbocycles. The lowest BCUT2D eigenvalue weighted by Crippen LogP contribution is -2.25. The molecule has 4 aromatic rings. The van der Waals surface area contributed by atoms with Crippen LogP contribution in [0.2, 0.25) is 0 Å². The van der Waals surface area contributed by atoms with Gasteiger partial charge in [0, 0.05) is 36.1 Å². The highest BCUT2D eigenvalue weighted by molar-refractivity contribution is 5.82. The third-order valence-corrected chi connectivity index (χ3v) is 6.74. The molecule has 36 heavy (non-hydrogen) atoms. The second-order valence-electron chi connectivity index (χ2n) is 9.28. The van der Waals surface area contributed by atoms with Gasteiger partial charge in [0.25, 0.3) is 5.56 Å². The van der Waals surface area contributed by atoms with E-state index >= 15 is 0 Å². The molecule has 2 atom stereocenters. The highest BCUT2D eigenvalue weighted by Crippen LogP contribution is 2.50. The molecule has 0 spiro atoms. The topological polar surface area (TPSA) is 142 Å². The number of anilines is 2. The second-order valence-corrected chi connectivity index (χ2v) is 9.28. The molecule has 2 unspecified atom stereocenters. The van der Waals surface area contributed by atoms with Crippen molar-refractivity contribution in [3.8, 4) is 5.69 Å². The number of nitrogens with one attached hydrogen (secondary N) is 1. The molecular weight excluding hydrogens is 454 g/mol. The lowest BCUT2D eigenvalue weighted by molar-refractivity contribution is -0.119. The van der Waals surface area contributed by atoms with Crippen LogP contribution in [0.3, 0.4) is 0 Å². The Morgan fingerprint density at radius 3 is 2.58 bits per heavy atom. The fourth-order valence-corrected chi connectivity index (χ4v) is 4.92. The highest BCUT2D eigenvalue weighted by atomic mass is 16.1. The van der Waals surface area contributed by atoms with Crippen molar-refractivity contribution in [1.82, 2.24) is 19.5 Å². The van der Waals surface area contributed by atoms with Crippen molar-refractivity contribution in [3.63, 3.8) is 0 Å². The minimum atomic E-state index is -0.307. The van der Waals surface area contributed by atoms with Gasteiger partial charge in [-0.2, -0.15) is 4.98 Å². The Bertz CT molecular complexity index is 1510. The Labute approximate surface area is 208 Å². The largest absolute Gasteiger partial charge is 0.370 e. The first-order valence-electron chi connectivity index (χ1n) is 12.1. The molecule has 0 radical (unpaired) electrons. The van der Waals surface area contributed by atoms with E-state index in [4.69, 9.17) is 16.5 Å². The zero-order chi connectivity index (χ0) is 25.4. The number of carbonyl (C=O) groups is 1. The van der Waals surface area contributed by atoms with Crippen molar-refractivity contribution in [3.05, 3.63) is 81.5 Å². The number of nitrogens with zero attached hydrogens (tertiary/aromatic N) is 4. The first kappa shape index (κ1) is 23.5. The SMILES string of the molecule is Cc1nc(N)nc(NCCCc2nc3cccc(C)c3c(=O)n2-c2ccccc2)c1C1CC1C(N)=O. The van der Waals surface area contributed by atoms with Gasteiger partial charge in [0.15, 0.2) is 0 Å². The number of aromatic nitrogens is 4. The third kappa shape index (κ3) is 4.39. The summed E-state index contributed by atoms with van der Waals surface area (Å²) in [5, 5.41) is 4.00. The molecular formula is C27H29N7O2. The van der Waals surface area contributed by atoms with E-state index in [0.29, 0.717) is 48.4 Å². The average Bonchev–Trinajstić information content (AvgIpc) is 3.63. The maximum absolute atomic E-state index is 13.6. The molecule has 0 aliphatic heterocycles. The Morgan fingerprint density at radius 1 is 1.08 bits per heavy atom. The lowest BCUT2D eigenvalue weighted by atomic mass is 10.1. The van der Waals surface area contributed by atoms with Crippen LogP contribution in [0.1, 0.15) is 41.4 Å². The van der Waals surface area contributed by atoms with E-state index in [2.05, 4.69) is 15.3 Å². The van der Waals surface area contributed by atoms with Crippen LogP contribution in [0.15, 0.2) is 53.3 Å². The quantitative estimate of drug-likeness (QED) is 0.327. The van der Waals surface area contributed by atoms with Gasteiger partial charge in [-0.15, -0.1) is 0 Å². The number of primary amides is 1. The van der Waals surface area contributed by atoms with Crippen molar-refractivity contribution in [2.45, 2.75) is 39.0 Å². The molecule has 0 saturated heterocycles. The maximum Gasteiger partial charge on any atom is 0.266 e. The van der Waals surface area contributed by atoms with Crippen LogP contribution >= 0.6 is 0 Å². The van der Waals surface area contributed by atoms with E-state index in [1.165, 1.54) is 0 Å². The fourth-order valence-electron chi connectivity index (χ4n) is 4.92. The Balaban J connectivity index is 1.40. The molecule has 5 N–H and O–H groups in total. The maximum atomic E-state index is 13.6. The number of rotatable bonds is 8. The van der Waals surface area contributed by atoms with Crippen molar-refractivity contribution >= 4 is 28.6 Å². The molecule has 1 aliphatic carbocycles. The first-order valence-corrected chi connectivity index (χ1v) is 12.1. The van der Waals surface area contributed by atoms with Crippen LogP contribution in [0.4, 0.5) is 11.8 Å². The van der Waals surface area contributed by atoms with Gasteiger partial charge in [0.1, 0.15) is 11.6 Å². The Hall–Kier alpha value is -4.27. The number of nitrogens with two attached hydrogens (primary N) is 2. The molecule has 9 heteroatoms. The number of fused-ring (bicyclic) bond motifs is 1. The minimum Gasteiger partial charge on any atom is -0.370 e. The van der Waals surface area contributed by atoms with Gasteiger partial charge >= 0.3 is 0 Å². The zero-order valence-electron chi connectivity index (χ0n) is 20.4. The van der Waals surface area contributed by atoms with Crippen molar-refractivity contribution in [1.29, 1.82) is 0 Å². The highest BCUT2D eigenvalue weighted by Gasteiger charge is 2.45. The molecule has 1 saturated carbocycles. The van der Waals surface area contributed by atoms with Gasteiger partial charge in [-0.25, -0.2) is 9.97 Å². The van der Waals surface area contributed by atoms with Crippen LogP contribution < -0.4 is 22.3 Å². The van der Waals surface area contributed by atoms with E-state index in [9.17, 15) is 9.59 Å².